The van der Waals surface area contributed by atoms with E-state index in [0.29, 0.717) is 0 Å². The molecule has 0 saturated heterocycles. The van der Waals surface area contributed by atoms with Crippen molar-refractivity contribution < 1.29 is 28.6 Å². The number of hydrogen-bond donors (Lipinski definition) is 2. The first-order chi connectivity index (χ1) is 13.6. The summed E-state index contributed by atoms with van der Waals surface area (Å²) in [6.45, 7) is -0.0735. The average Bonchev–Trinajstić information content (AvgIpc) is 2.74. The molecule has 2 N–H and O–H groups in total. The second kappa shape index (κ2) is 11.2. The predicted octanol–water partition coefficient (Wildman–Crippen LogP) is 2.38. The van der Waals surface area contributed by atoms with Gasteiger partial charge in [-0.25, -0.2) is 14.4 Å². The van der Waals surface area contributed by atoms with Gasteiger partial charge in [0.15, 0.2) is 0 Å². The van der Waals surface area contributed by atoms with E-state index in [-0.39, 0.29) is 19.8 Å². The zero-order valence-corrected chi connectivity index (χ0v) is 15.4. The number of nitrogens with one attached hydrogen (secondary N) is 2. The van der Waals surface area contributed by atoms with Crippen molar-refractivity contribution in [1.82, 2.24) is 10.6 Å². The van der Waals surface area contributed by atoms with Crippen LogP contribution in [0.25, 0.3) is 0 Å². The van der Waals surface area contributed by atoms with Crippen LogP contribution in [0.2, 0.25) is 0 Å². The van der Waals surface area contributed by atoms with Crippen LogP contribution in [0.15, 0.2) is 60.7 Å². The van der Waals surface area contributed by atoms with E-state index in [0.717, 1.165) is 11.1 Å². The molecule has 8 heteroatoms. The minimum Gasteiger partial charge on any atom is -0.467 e. The van der Waals surface area contributed by atoms with Crippen LogP contribution in [-0.4, -0.2) is 37.9 Å². The third-order valence-corrected chi connectivity index (χ3v) is 3.65. The van der Waals surface area contributed by atoms with Crippen LogP contribution >= 0.6 is 0 Å². The number of carbonyl (C=O) groups excluding carboxylic acids is 3. The standard InChI is InChI=1S/C20H22N2O6/c1-26-18(23)17(22-20(25)28-14-16-10-6-3-7-11-16)12-21-19(24)27-13-15-8-4-2-5-9-15/h2-11,17H,12-14H2,1H3,(H,21,24)(H,22,25). The zero-order valence-electron chi connectivity index (χ0n) is 15.4. The summed E-state index contributed by atoms with van der Waals surface area (Å²) in [6, 6.07) is 17.1. The first-order valence-corrected chi connectivity index (χ1v) is 8.58. The highest BCUT2D eigenvalue weighted by molar-refractivity contribution is 5.82. The highest BCUT2D eigenvalue weighted by Crippen LogP contribution is 2.02. The number of benzene rings is 2. The number of ether oxygens (including phenoxy) is 3. The first kappa shape index (κ1) is 20.8. The maximum absolute atomic E-state index is 11.9. The maximum atomic E-state index is 11.9. The molecule has 28 heavy (non-hydrogen) atoms. The molecule has 2 rings (SSSR count). The Hall–Kier alpha value is -3.55. The summed E-state index contributed by atoms with van der Waals surface area (Å²) >= 11 is 0. The molecule has 2 aromatic carbocycles. The van der Waals surface area contributed by atoms with Gasteiger partial charge in [0.05, 0.1) is 13.7 Å². The second-order valence-electron chi connectivity index (χ2n) is 5.72. The van der Waals surface area contributed by atoms with E-state index < -0.39 is 24.2 Å². The van der Waals surface area contributed by atoms with Gasteiger partial charge in [0.2, 0.25) is 0 Å². The lowest BCUT2D eigenvalue weighted by Gasteiger charge is -2.17. The molecule has 2 aromatic rings. The Bertz CT molecular complexity index is 767. The largest absolute Gasteiger partial charge is 0.467 e. The average molecular weight is 386 g/mol. The van der Waals surface area contributed by atoms with Crippen LogP contribution < -0.4 is 10.6 Å². The number of esters is 1. The number of methoxy groups -OCH3 is 1. The monoisotopic (exact) mass is 386 g/mol. The Labute approximate surface area is 162 Å². The normalized spacial score (nSPS) is 11.0. The second-order valence-corrected chi connectivity index (χ2v) is 5.72. The van der Waals surface area contributed by atoms with Crippen LogP contribution in [0.4, 0.5) is 9.59 Å². The number of carbonyl (C=O) groups is 3. The molecule has 8 nitrogen and oxygen atoms in total. The molecule has 0 heterocycles. The lowest BCUT2D eigenvalue weighted by molar-refractivity contribution is -0.142. The van der Waals surface area contributed by atoms with Crippen molar-refractivity contribution in [2.75, 3.05) is 13.7 Å². The number of alkyl carbamates (subject to hydrolysis) is 2. The number of amides is 2. The van der Waals surface area contributed by atoms with Gasteiger partial charge in [0.25, 0.3) is 0 Å². The van der Waals surface area contributed by atoms with Crippen LogP contribution in [-0.2, 0) is 32.2 Å². The van der Waals surface area contributed by atoms with Crippen molar-refractivity contribution in [3.63, 3.8) is 0 Å². The SMILES string of the molecule is COC(=O)C(CNC(=O)OCc1ccccc1)NC(=O)OCc1ccccc1. The summed E-state index contributed by atoms with van der Waals surface area (Å²) in [5.41, 5.74) is 1.62. The van der Waals surface area contributed by atoms with Crippen LogP contribution in [0, 0.1) is 0 Å². The van der Waals surface area contributed by atoms with E-state index >= 15 is 0 Å². The molecular formula is C20H22N2O6. The molecule has 0 aliphatic rings. The minimum atomic E-state index is -1.11. The van der Waals surface area contributed by atoms with E-state index in [1.165, 1.54) is 7.11 Å². The fourth-order valence-corrected chi connectivity index (χ4v) is 2.20. The molecular weight excluding hydrogens is 364 g/mol. The van der Waals surface area contributed by atoms with Gasteiger partial charge in [0, 0.05) is 0 Å². The van der Waals surface area contributed by atoms with Gasteiger partial charge in [-0.3, -0.25) is 0 Å². The molecule has 2 amide bonds. The molecule has 0 aliphatic heterocycles. The van der Waals surface area contributed by atoms with Crippen LogP contribution in [0.3, 0.4) is 0 Å². The van der Waals surface area contributed by atoms with Gasteiger partial charge in [-0.15, -0.1) is 0 Å². The molecule has 0 fully saturated rings. The van der Waals surface area contributed by atoms with Crippen molar-refractivity contribution in [3.05, 3.63) is 71.8 Å². The van der Waals surface area contributed by atoms with E-state index in [9.17, 15) is 14.4 Å². The Balaban J connectivity index is 1.77. The Morgan fingerprint density at radius 3 is 1.82 bits per heavy atom. The molecule has 1 atom stereocenters. The minimum absolute atomic E-state index is 0.0487. The molecule has 0 spiro atoms. The van der Waals surface area contributed by atoms with Gasteiger partial charge in [0.1, 0.15) is 19.3 Å². The molecule has 0 aromatic heterocycles. The van der Waals surface area contributed by atoms with E-state index in [1.807, 2.05) is 48.5 Å². The summed E-state index contributed by atoms with van der Waals surface area (Å²) in [5.74, 6) is -0.722. The van der Waals surface area contributed by atoms with Gasteiger partial charge in [-0.1, -0.05) is 60.7 Å². The lowest BCUT2D eigenvalue weighted by atomic mass is 10.2. The maximum Gasteiger partial charge on any atom is 0.408 e. The van der Waals surface area contributed by atoms with Gasteiger partial charge >= 0.3 is 18.2 Å². The Morgan fingerprint density at radius 1 is 0.821 bits per heavy atom. The molecule has 0 saturated carbocycles. The lowest BCUT2D eigenvalue weighted by Crippen LogP contribution is -2.49. The predicted molar refractivity (Wildman–Crippen MR) is 100 cm³/mol. The van der Waals surface area contributed by atoms with Gasteiger partial charge < -0.3 is 24.8 Å². The smallest absolute Gasteiger partial charge is 0.408 e. The van der Waals surface area contributed by atoms with Crippen molar-refractivity contribution in [3.8, 4) is 0 Å². The zero-order chi connectivity index (χ0) is 20.2. The summed E-state index contributed by atoms with van der Waals surface area (Å²) in [6.07, 6.45) is -1.53. The Kier molecular flexibility index (Phi) is 8.32. The van der Waals surface area contributed by atoms with Crippen molar-refractivity contribution in [2.45, 2.75) is 19.3 Å². The quantitative estimate of drug-likeness (QED) is 0.533. The van der Waals surface area contributed by atoms with Gasteiger partial charge in [-0.2, -0.15) is 0 Å². The molecule has 0 bridgehead atoms. The summed E-state index contributed by atoms with van der Waals surface area (Å²) < 4.78 is 14.8. The fourth-order valence-electron chi connectivity index (χ4n) is 2.20. The third-order valence-electron chi connectivity index (χ3n) is 3.65. The van der Waals surface area contributed by atoms with Crippen molar-refractivity contribution in [1.29, 1.82) is 0 Å². The molecule has 1 unspecified atom stereocenters. The first-order valence-electron chi connectivity index (χ1n) is 8.58. The Morgan fingerprint density at radius 2 is 1.32 bits per heavy atom. The van der Waals surface area contributed by atoms with Crippen LogP contribution in [0.1, 0.15) is 11.1 Å². The van der Waals surface area contributed by atoms with E-state index in [1.54, 1.807) is 12.1 Å². The summed E-state index contributed by atoms with van der Waals surface area (Å²) in [7, 11) is 1.18. The van der Waals surface area contributed by atoms with E-state index in [2.05, 4.69) is 15.4 Å². The topological polar surface area (TPSA) is 103 Å². The molecule has 0 aliphatic carbocycles. The molecule has 0 radical (unpaired) electrons. The highest BCUT2D eigenvalue weighted by Gasteiger charge is 2.23. The van der Waals surface area contributed by atoms with Crippen LogP contribution in [0.5, 0.6) is 0 Å². The summed E-state index contributed by atoms with van der Waals surface area (Å²) in [5, 5.41) is 4.78. The highest BCUT2D eigenvalue weighted by atomic mass is 16.6. The fraction of sp³-hybridized carbons (Fsp3) is 0.250. The van der Waals surface area contributed by atoms with Crippen molar-refractivity contribution >= 4 is 18.2 Å². The number of rotatable bonds is 8. The summed E-state index contributed by atoms with van der Waals surface area (Å²) in [4.78, 5) is 35.5. The molecule has 148 valence electrons. The van der Waals surface area contributed by atoms with Crippen molar-refractivity contribution in [2.24, 2.45) is 0 Å². The van der Waals surface area contributed by atoms with E-state index in [4.69, 9.17) is 9.47 Å². The third kappa shape index (κ3) is 7.36. The number of hydrogen-bond acceptors (Lipinski definition) is 6. The van der Waals surface area contributed by atoms with Gasteiger partial charge in [-0.05, 0) is 11.1 Å².